The maximum Gasteiger partial charge on any atom is 0.226 e. The van der Waals surface area contributed by atoms with E-state index in [0.29, 0.717) is 18.7 Å². The molecule has 0 bridgehead atoms. The molecule has 0 aliphatic heterocycles. The molecule has 0 atom stereocenters. The van der Waals surface area contributed by atoms with E-state index < -0.39 is 0 Å². The van der Waals surface area contributed by atoms with Crippen LogP contribution in [-0.2, 0) is 11.3 Å². The van der Waals surface area contributed by atoms with E-state index in [0.717, 1.165) is 27.6 Å². The van der Waals surface area contributed by atoms with Gasteiger partial charge in [-0.3, -0.25) is 14.5 Å². The number of pyridine rings is 1. The number of hydrogen-bond donors (Lipinski definition) is 1. The van der Waals surface area contributed by atoms with Crippen LogP contribution >= 0.6 is 0 Å². The number of fused-ring (bicyclic) bond motifs is 2. The smallest absolute Gasteiger partial charge is 0.226 e. The van der Waals surface area contributed by atoms with Crippen LogP contribution in [0.15, 0.2) is 60.9 Å². The number of anilines is 1. The third kappa shape index (κ3) is 3.21. The van der Waals surface area contributed by atoms with Crippen LogP contribution in [-0.4, -0.2) is 27.8 Å². The lowest BCUT2D eigenvalue weighted by atomic mass is 10.2. The van der Waals surface area contributed by atoms with Crippen molar-refractivity contribution in [2.24, 2.45) is 0 Å². The molecule has 0 radical (unpaired) electrons. The van der Waals surface area contributed by atoms with Gasteiger partial charge in [-0.1, -0.05) is 18.2 Å². The fourth-order valence-electron chi connectivity index (χ4n) is 2.93. The highest BCUT2D eigenvalue weighted by Crippen LogP contribution is 2.21. The molecule has 130 valence electrons. The molecule has 6 nitrogen and oxygen atoms in total. The summed E-state index contributed by atoms with van der Waals surface area (Å²) in [4.78, 5) is 16.7. The molecule has 26 heavy (non-hydrogen) atoms. The number of carbonyl (C=O) groups is 1. The second-order valence-electron chi connectivity index (χ2n) is 6.01. The van der Waals surface area contributed by atoms with Crippen molar-refractivity contribution in [1.29, 1.82) is 0 Å². The van der Waals surface area contributed by atoms with Gasteiger partial charge in [0.1, 0.15) is 5.75 Å². The van der Waals surface area contributed by atoms with Gasteiger partial charge in [0.05, 0.1) is 42.8 Å². The first-order valence-corrected chi connectivity index (χ1v) is 8.37. The molecular weight excluding hydrogens is 328 g/mol. The molecule has 2 heterocycles. The molecule has 1 amide bonds. The van der Waals surface area contributed by atoms with Gasteiger partial charge < -0.3 is 10.1 Å². The second kappa shape index (κ2) is 6.84. The minimum Gasteiger partial charge on any atom is -0.497 e. The number of benzene rings is 2. The summed E-state index contributed by atoms with van der Waals surface area (Å²) < 4.78 is 7.04. The van der Waals surface area contributed by atoms with Crippen LogP contribution in [0.5, 0.6) is 5.75 Å². The van der Waals surface area contributed by atoms with Crippen LogP contribution in [0.4, 0.5) is 5.69 Å². The van der Waals surface area contributed by atoms with E-state index in [2.05, 4.69) is 15.4 Å². The zero-order valence-corrected chi connectivity index (χ0v) is 14.3. The molecule has 0 saturated carbocycles. The molecule has 1 N–H and O–H groups in total. The van der Waals surface area contributed by atoms with Gasteiger partial charge in [-0.2, -0.15) is 5.10 Å². The lowest BCUT2D eigenvalue weighted by Crippen LogP contribution is -2.15. The molecule has 2 aromatic carbocycles. The first kappa shape index (κ1) is 16.1. The molecule has 0 saturated heterocycles. The molecule has 0 spiro atoms. The van der Waals surface area contributed by atoms with Crippen molar-refractivity contribution in [3.8, 4) is 5.75 Å². The Balaban J connectivity index is 1.43. The van der Waals surface area contributed by atoms with Gasteiger partial charge in [-0.05, 0) is 24.3 Å². The summed E-state index contributed by atoms with van der Waals surface area (Å²) in [5.74, 6) is 0.687. The Morgan fingerprint density at radius 2 is 2.00 bits per heavy atom. The number of aromatic nitrogens is 3. The fourth-order valence-corrected chi connectivity index (χ4v) is 2.93. The third-order valence-electron chi connectivity index (χ3n) is 4.28. The Morgan fingerprint density at radius 3 is 2.88 bits per heavy atom. The average Bonchev–Trinajstić information content (AvgIpc) is 3.09. The van der Waals surface area contributed by atoms with Gasteiger partial charge >= 0.3 is 0 Å². The SMILES string of the molecule is COc1ccc2cc(NC(=O)CCn3ncc4ccccc43)cnc2c1. The minimum absolute atomic E-state index is 0.0701. The lowest BCUT2D eigenvalue weighted by Gasteiger charge is -2.08. The molecule has 0 unspecified atom stereocenters. The van der Waals surface area contributed by atoms with Gasteiger partial charge in [0.2, 0.25) is 5.91 Å². The van der Waals surface area contributed by atoms with Crippen molar-refractivity contribution in [3.05, 3.63) is 60.9 Å². The van der Waals surface area contributed by atoms with Crippen LogP contribution in [0.3, 0.4) is 0 Å². The lowest BCUT2D eigenvalue weighted by molar-refractivity contribution is -0.116. The highest BCUT2D eigenvalue weighted by atomic mass is 16.5. The summed E-state index contributed by atoms with van der Waals surface area (Å²) in [5, 5.41) is 9.26. The highest BCUT2D eigenvalue weighted by molar-refractivity contribution is 5.93. The molecule has 4 aromatic rings. The quantitative estimate of drug-likeness (QED) is 0.599. The predicted molar refractivity (Wildman–Crippen MR) is 101 cm³/mol. The monoisotopic (exact) mass is 346 g/mol. The van der Waals surface area contributed by atoms with E-state index in [1.807, 2.05) is 59.4 Å². The van der Waals surface area contributed by atoms with Gasteiger partial charge in [0.25, 0.3) is 0 Å². The highest BCUT2D eigenvalue weighted by Gasteiger charge is 2.07. The first-order valence-electron chi connectivity index (χ1n) is 8.37. The maximum atomic E-state index is 12.3. The van der Waals surface area contributed by atoms with E-state index in [1.54, 1.807) is 13.3 Å². The Hall–Kier alpha value is -3.41. The Morgan fingerprint density at radius 1 is 1.12 bits per heavy atom. The van der Waals surface area contributed by atoms with Crippen LogP contribution in [0.2, 0.25) is 0 Å². The summed E-state index contributed by atoms with van der Waals surface area (Å²) in [6.07, 6.45) is 3.81. The van der Waals surface area contributed by atoms with Crippen molar-refractivity contribution in [2.45, 2.75) is 13.0 Å². The van der Waals surface area contributed by atoms with Crippen LogP contribution in [0, 0.1) is 0 Å². The normalized spacial score (nSPS) is 11.0. The molecule has 2 aromatic heterocycles. The number of amides is 1. The van der Waals surface area contributed by atoms with Crippen molar-refractivity contribution in [2.75, 3.05) is 12.4 Å². The Kier molecular flexibility index (Phi) is 4.23. The number of carbonyl (C=O) groups excluding carboxylic acids is 1. The number of aryl methyl sites for hydroxylation is 1. The van der Waals surface area contributed by atoms with Gasteiger partial charge in [0.15, 0.2) is 0 Å². The van der Waals surface area contributed by atoms with Gasteiger partial charge in [-0.15, -0.1) is 0 Å². The average molecular weight is 346 g/mol. The number of nitrogens with zero attached hydrogens (tertiary/aromatic N) is 3. The maximum absolute atomic E-state index is 12.3. The Labute approximate surface area is 150 Å². The second-order valence-corrected chi connectivity index (χ2v) is 6.01. The fraction of sp³-hybridized carbons (Fsp3) is 0.150. The van der Waals surface area contributed by atoms with Crippen LogP contribution in [0.1, 0.15) is 6.42 Å². The summed E-state index contributed by atoms with van der Waals surface area (Å²) in [6, 6.07) is 15.5. The van der Waals surface area contributed by atoms with Gasteiger partial charge in [0, 0.05) is 23.3 Å². The van der Waals surface area contributed by atoms with E-state index in [1.165, 1.54) is 0 Å². The zero-order chi connectivity index (χ0) is 17.9. The number of ether oxygens (including phenoxy) is 1. The van der Waals surface area contributed by atoms with Crippen LogP contribution in [0.25, 0.3) is 21.8 Å². The number of hydrogen-bond acceptors (Lipinski definition) is 4. The van der Waals surface area contributed by atoms with Crippen molar-refractivity contribution in [1.82, 2.24) is 14.8 Å². The molecular formula is C20H18N4O2. The third-order valence-corrected chi connectivity index (χ3v) is 4.28. The zero-order valence-electron chi connectivity index (χ0n) is 14.3. The Bertz CT molecular complexity index is 1090. The summed E-state index contributed by atoms with van der Waals surface area (Å²) in [7, 11) is 1.62. The minimum atomic E-state index is -0.0701. The predicted octanol–water partition coefficient (Wildman–Crippen LogP) is 3.62. The molecule has 0 fully saturated rings. The van der Waals surface area contributed by atoms with E-state index >= 15 is 0 Å². The van der Waals surface area contributed by atoms with E-state index in [-0.39, 0.29) is 5.91 Å². The first-order chi connectivity index (χ1) is 12.7. The summed E-state index contributed by atoms with van der Waals surface area (Å²) in [6.45, 7) is 0.525. The number of methoxy groups -OCH3 is 1. The van der Waals surface area contributed by atoms with Crippen molar-refractivity contribution >= 4 is 33.4 Å². The van der Waals surface area contributed by atoms with Crippen molar-refractivity contribution < 1.29 is 9.53 Å². The van der Waals surface area contributed by atoms with E-state index in [9.17, 15) is 4.79 Å². The molecule has 6 heteroatoms. The number of para-hydroxylation sites is 1. The molecule has 0 aliphatic rings. The van der Waals surface area contributed by atoms with Gasteiger partial charge in [-0.25, -0.2) is 0 Å². The number of rotatable bonds is 5. The van der Waals surface area contributed by atoms with E-state index in [4.69, 9.17) is 4.74 Å². The summed E-state index contributed by atoms with van der Waals surface area (Å²) in [5.41, 5.74) is 2.53. The molecule has 0 aliphatic carbocycles. The largest absolute Gasteiger partial charge is 0.497 e. The van der Waals surface area contributed by atoms with Crippen LogP contribution < -0.4 is 10.1 Å². The van der Waals surface area contributed by atoms with Crippen molar-refractivity contribution in [3.63, 3.8) is 0 Å². The standard InChI is InChI=1S/C20H18N4O2/c1-26-17-7-6-14-10-16(13-21-18(14)11-17)23-20(25)8-9-24-19-5-3-2-4-15(19)12-22-24/h2-7,10-13H,8-9H2,1H3,(H,23,25). The topological polar surface area (TPSA) is 69.0 Å². The number of nitrogens with one attached hydrogen (secondary N) is 1. The summed E-state index contributed by atoms with van der Waals surface area (Å²) >= 11 is 0. The molecule has 4 rings (SSSR count).